The third-order valence-corrected chi connectivity index (χ3v) is 4.78. The largest absolute Gasteiger partial charge is 0.351 e. The van der Waals surface area contributed by atoms with Gasteiger partial charge >= 0.3 is 0 Å². The number of benzene rings is 1. The number of imidazole rings is 1. The topological polar surface area (TPSA) is 64.0 Å². The lowest BCUT2D eigenvalue weighted by Crippen LogP contribution is -2.39. The Kier molecular flexibility index (Phi) is 5.26. The summed E-state index contributed by atoms with van der Waals surface area (Å²) in [6.45, 7) is 1.70. The lowest BCUT2D eigenvalue weighted by molar-refractivity contribution is -0.122. The second-order valence-corrected chi connectivity index (χ2v) is 6.66. The van der Waals surface area contributed by atoms with Gasteiger partial charge in [0.05, 0.1) is 12.4 Å². The first-order valence-corrected chi connectivity index (χ1v) is 8.61. The Balaban J connectivity index is 1.57. The highest BCUT2D eigenvalue weighted by Crippen LogP contribution is 2.30. The van der Waals surface area contributed by atoms with Gasteiger partial charge in [-0.2, -0.15) is 0 Å². The van der Waals surface area contributed by atoms with E-state index in [1.807, 2.05) is 10.8 Å². The SMILES string of the molecule is C[C@H](CC(=O)N[C@H]1CCC[C@H]1n1ccnc1)C(=O)c1cccc(F)c1. The first-order valence-electron chi connectivity index (χ1n) is 8.61. The number of hydrogen-bond donors (Lipinski definition) is 1. The molecule has 0 aliphatic heterocycles. The molecule has 0 unspecified atom stereocenters. The molecular formula is C19H22FN3O2. The van der Waals surface area contributed by atoms with Crippen LogP contribution in [0.25, 0.3) is 0 Å². The van der Waals surface area contributed by atoms with Crippen molar-refractivity contribution in [3.05, 3.63) is 54.4 Å². The fraction of sp³-hybridized carbons (Fsp3) is 0.421. The molecule has 132 valence electrons. The van der Waals surface area contributed by atoms with Gasteiger partial charge in [0.25, 0.3) is 0 Å². The summed E-state index contributed by atoms with van der Waals surface area (Å²) in [5.41, 5.74) is 0.303. The highest BCUT2D eigenvalue weighted by atomic mass is 19.1. The van der Waals surface area contributed by atoms with Gasteiger partial charge < -0.3 is 9.88 Å². The smallest absolute Gasteiger partial charge is 0.221 e. The molecule has 1 heterocycles. The number of carbonyl (C=O) groups excluding carboxylic acids is 2. The quantitative estimate of drug-likeness (QED) is 0.820. The second-order valence-electron chi connectivity index (χ2n) is 6.66. The maximum absolute atomic E-state index is 13.3. The summed E-state index contributed by atoms with van der Waals surface area (Å²) in [5.74, 6) is -1.30. The number of hydrogen-bond acceptors (Lipinski definition) is 3. The molecule has 3 atom stereocenters. The average Bonchev–Trinajstić information content (AvgIpc) is 3.25. The Morgan fingerprint density at radius 2 is 2.24 bits per heavy atom. The van der Waals surface area contributed by atoms with E-state index in [0.717, 1.165) is 19.3 Å². The molecule has 0 bridgehead atoms. The molecule has 1 amide bonds. The van der Waals surface area contributed by atoms with Gasteiger partial charge in [0, 0.05) is 36.3 Å². The summed E-state index contributed by atoms with van der Waals surface area (Å²) < 4.78 is 15.3. The van der Waals surface area contributed by atoms with Gasteiger partial charge in [-0.3, -0.25) is 9.59 Å². The number of halogens is 1. The van der Waals surface area contributed by atoms with Crippen LogP contribution in [0.4, 0.5) is 4.39 Å². The van der Waals surface area contributed by atoms with E-state index in [4.69, 9.17) is 0 Å². The van der Waals surface area contributed by atoms with E-state index in [9.17, 15) is 14.0 Å². The van der Waals surface area contributed by atoms with Crippen molar-refractivity contribution in [3.63, 3.8) is 0 Å². The normalized spacial score (nSPS) is 21.0. The molecule has 5 nitrogen and oxygen atoms in total. The molecule has 1 aromatic heterocycles. The van der Waals surface area contributed by atoms with E-state index >= 15 is 0 Å². The summed E-state index contributed by atoms with van der Waals surface area (Å²) in [6, 6.07) is 5.85. The van der Waals surface area contributed by atoms with Crippen molar-refractivity contribution in [1.29, 1.82) is 0 Å². The minimum absolute atomic E-state index is 0.0539. The van der Waals surface area contributed by atoms with Crippen molar-refractivity contribution in [2.45, 2.75) is 44.7 Å². The molecule has 3 rings (SSSR count). The standard InChI is InChI=1S/C19H22FN3O2/c1-13(19(25)14-4-2-5-15(20)11-14)10-18(24)22-16-6-3-7-17(16)23-9-8-21-12-23/h2,4-5,8-9,11-13,16-17H,3,6-7,10H2,1H3,(H,22,24)/t13-,16+,17-/m1/s1. The minimum atomic E-state index is -0.491. The van der Waals surface area contributed by atoms with Crippen LogP contribution in [-0.4, -0.2) is 27.3 Å². The van der Waals surface area contributed by atoms with Crippen LogP contribution >= 0.6 is 0 Å². The molecule has 2 aromatic rings. The summed E-state index contributed by atoms with van der Waals surface area (Å²) >= 11 is 0. The first kappa shape index (κ1) is 17.3. The van der Waals surface area contributed by atoms with Crippen LogP contribution in [0.3, 0.4) is 0 Å². The summed E-state index contributed by atoms with van der Waals surface area (Å²) in [6.07, 6.45) is 8.47. The molecule has 1 aliphatic carbocycles. The Hall–Kier alpha value is -2.50. The lowest BCUT2D eigenvalue weighted by atomic mass is 9.96. The molecule has 25 heavy (non-hydrogen) atoms. The number of amides is 1. The average molecular weight is 343 g/mol. The zero-order chi connectivity index (χ0) is 17.8. The summed E-state index contributed by atoms with van der Waals surface area (Å²) in [5, 5.41) is 3.05. The fourth-order valence-corrected chi connectivity index (χ4v) is 3.49. The van der Waals surface area contributed by atoms with E-state index in [-0.39, 0.29) is 30.2 Å². The molecule has 1 fully saturated rings. The molecule has 1 aliphatic rings. The second kappa shape index (κ2) is 7.59. The maximum Gasteiger partial charge on any atom is 0.221 e. The van der Waals surface area contributed by atoms with E-state index < -0.39 is 11.7 Å². The summed E-state index contributed by atoms with van der Waals surface area (Å²) in [7, 11) is 0. The molecule has 1 saturated carbocycles. The van der Waals surface area contributed by atoms with Crippen LogP contribution in [0.1, 0.15) is 49.0 Å². The Bertz CT molecular complexity index is 745. The van der Waals surface area contributed by atoms with Crippen LogP contribution in [0.5, 0.6) is 0 Å². The van der Waals surface area contributed by atoms with Gasteiger partial charge in [-0.05, 0) is 31.4 Å². The van der Waals surface area contributed by atoms with Gasteiger partial charge in [-0.1, -0.05) is 19.1 Å². The molecule has 1 N–H and O–H groups in total. The highest BCUT2D eigenvalue weighted by Gasteiger charge is 2.30. The number of ketones is 1. The highest BCUT2D eigenvalue weighted by molar-refractivity contribution is 5.99. The zero-order valence-electron chi connectivity index (χ0n) is 14.2. The number of aromatic nitrogens is 2. The van der Waals surface area contributed by atoms with Crippen LogP contribution < -0.4 is 5.32 Å². The first-order chi connectivity index (χ1) is 12.0. The molecular weight excluding hydrogens is 321 g/mol. The molecule has 1 aromatic carbocycles. The predicted octanol–water partition coefficient (Wildman–Crippen LogP) is 3.14. The third-order valence-electron chi connectivity index (χ3n) is 4.78. The fourth-order valence-electron chi connectivity index (χ4n) is 3.49. The monoisotopic (exact) mass is 343 g/mol. The van der Waals surface area contributed by atoms with Gasteiger partial charge in [0.1, 0.15) is 5.82 Å². The number of rotatable bonds is 6. The maximum atomic E-state index is 13.3. The van der Waals surface area contributed by atoms with E-state index in [0.29, 0.717) is 5.56 Å². The van der Waals surface area contributed by atoms with E-state index in [1.165, 1.54) is 18.2 Å². The molecule has 0 saturated heterocycles. The Morgan fingerprint density at radius 1 is 1.40 bits per heavy atom. The van der Waals surface area contributed by atoms with Crippen molar-refractivity contribution < 1.29 is 14.0 Å². The number of nitrogens with zero attached hydrogens (tertiary/aromatic N) is 2. The minimum Gasteiger partial charge on any atom is -0.351 e. The van der Waals surface area contributed by atoms with Crippen molar-refractivity contribution >= 4 is 11.7 Å². The number of Topliss-reactive ketones (excluding diaryl/α,β-unsaturated/α-hetero) is 1. The van der Waals surface area contributed by atoms with E-state index in [2.05, 4.69) is 10.3 Å². The molecule has 0 spiro atoms. The predicted molar refractivity (Wildman–Crippen MR) is 91.6 cm³/mol. The van der Waals surface area contributed by atoms with Gasteiger partial charge in [-0.25, -0.2) is 9.37 Å². The summed E-state index contributed by atoms with van der Waals surface area (Å²) in [4.78, 5) is 28.8. The van der Waals surface area contributed by atoms with Gasteiger partial charge in [-0.15, -0.1) is 0 Å². The third kappa shape index (κ3) is 4.13. The molecule has 0 radical (unpaired) electrons. The molecule has 6 heteroatoms. The van der Waals surface area contributed by atoms with Crippen molar-refractivity contribution in [2.24, 2.45) is 5.92 Å². The van der Waals surface area contributed by atoms with E-state index in [1.54, 1.807) is 25.5 Å². The number of carbonyl (C=O) groups is 2. The van der Waals surface area contributed by atoms with Gasteiger partial charge in [0.2, 0.25) is 5.91 Å². The van der Waals surface area contributed by atoms with Crippen LogP contribution in [0, 0.1) is 11.7 Å². The number of nitrogens with one attached hydrogen (secondary N) is 1. The van der Waals surface area contributed by atoms with Crippen molar-refractivity contribution in [1.82, 2.24) is 14.9 Å². The Labute approximate surface area is 146 Å². The van der Waals surface area contributed by atoms with Crippen LogP contribution in [-0.2, 0) is 4.79 Å². The Morgan fingerprint density at radius 3 is 2.96 bits per heavy atom. The van der Waals surface area contributed by atoms with Crippen LogP contribution in [0.15, 0.2) is 43.0 Å². The van der Waals surface area contributed by atoms with Gasteiger partial charge in [0.15, 0.2) is 5.78 Å². The van der Waals surface area contributed by atoms with Crippen LogP contribution in [0.2, 0.25) is 0 Å². The van der Waals surface area contributed by atoms with Crippen molar-refractivity contribution in [2.75, 3.05) is 0 Å². The zero-order valence-corrected chi connectivity index (χ0v) is 14.2. The van der Waals surface area contributed by atoms with Crippen molar-refractivity contribution in [3.8, 4) is 0 Å². The lowest BCUT2D eigenvalue weighted by Gasteiger charge is -2.22.